The number of carbonyl (C=O) groups excluding carboxylic acids is 1. The first-order valence-corrected chi connectivity index (χ1v) is 5.67. The minimum absolute atomic E-state index is 0.317. The Morgan fingerprint density at radius 3 is 2.73 bits per heavy atom. The molecular weight excluding hydrogens is 186 g/mol. The Morgan fingerprint density at radius 2 is 2.27 bits per heavy atom. The van der Waals surface area contributed by atoms with Crippen LogP contribution in [-0.4, -0.2) is 10.8 Å². The highest BCUT2D eigenvalue weighted by Gasteiger charge is 2.38. The molecule has 1 saturated carbocycles. The number of nitrogens with zero attached hydrogens (tertiary/aromatic N) is 1. The summed E-state index contributed by atoms with van der Waals surface area (Å²) in [6.07, 6.45) is 4.46. The van der Waals surface area contributed by atoms with Gasteiger partial charge in [0.05, 0.1) is 0 Å². The summed E-state index contributed by atoms with van der Waals surface area (Å²) in [5.74, 6) is 1.28. The van der Waals surface area contributed by atoms with Gasteiger partial charge in [0.1, 0.15) is 5.78 Å². The van der Waals surface area contributed by atoms with E-state index in [9.17, 15) is 4.79 Å². The van der Waals surface area contributed by atoms with Gasteiger partial charge in [-0.25, -0.2) is 0 Å². The van der Waals surface area contributed by atoms with Crippen molar-refractivity contribution in [3.8, 4) is 0 Å². The Hall–Kier alpha value is -1.18. The van der Waals surface area contributed by atoms with E-state index >= 15 is 0 Å². The van der Waals surface area contributed by atoms with Crippen LogP contribution in [0.25, 0.3) is 0 Å². The zero-order chi connectivity index (χ0) is 10.8. The van der Waals surface area contributed by atoms with Crippen LogP contribution >= 0.6 is 0 Å². The lowest BCUT2D eigenvalue weighted by Crippen LogP contribution is -2.07. The quantitative estimate of drug-likeness (QED) is 0.752. The van der Waals surface area contributed by atoms with E-state index in [2.05, 4.69) is 24.9 Å². The molecule has 2 unspecified atom stereocenters. The number of hydrogen-bond donors (Lipinski definition) is 0. The molecule has 2 rings (SSSR count). The largest absolute Gasteiger partial charge is 0.299 e. The third-order valence-corrected chi connectivity index (χ3v) is 3.17. The van der Waals surface area contributed by atoms with Crippen LogP contribution in [0.3, 0.4) is 0 Å². The van der Waals surface area contributed by atoms with Gasteiger partial charge in [0.25, 0.3) is 0 Å². The maximum absolute atomic E-state index is 11.7. The first-order chi connectivity index (χ1) is 7.20. The van der Waals surface area contributed by atoms with Gasteiger partial charge < -0.3 is 0 Å². The molecule has 0 spiro atoms. The lowest BCUT2D eigenvalue weighted by molar-refractivity contribution is -0.119. The van der Waals surface area contributed by atoms with Crippen molar-refractivity contribution in [3.05, 3.63) is 29.6 Å². The molecule has 0 amide bonds. The number of ketones is 1. The van der Waals surface area contributed by atoms with Crippen LogP contribution in [0.5, 0.6) is 0 Å². The predicted octanol–water partition coefficient (Wildman–Crippen LogP) is 2.41. The summed E-state index contributed by atoms with van der Waals surface area (Å²) in [7, 11) is 0. The zero-order valence-corrected chi connectivity index (χ0v) is 9.36. The van der Waals surface area contributed by atoms with Crippen LogP contribution in [0, 0.1) is 11.8 Å². The second-order valence-electron chi connectivity index (χ2n) is 4.47. The van der Waals surface area contributed by atoms with E-state index < -0.39 is 0 Å². The molecule has 1 heterocycles. The number of rotatable bonds is 4. The minimum Gasteiger partial charge on any atom is -0.299 e. The second-order valence-corrected chi connectivity index (χ2v) is 4.47. The number of carbonyl (C=O) groups is 1. The van der Waals surface area contributed by atoms with E-state index in [0.717, 1.165) is 18.5 Å². The van der Waals surface area contributed by atoms with Gasteiger partial charge in [0.15, 0.2) is 0 Å². The molecule has 1 aromatic rings. The van der Waals surface area contributed by atoms with Crippen molar-refractivity contribution in [2.45, 2.75) is 33.1 Å². The number of pyridine rings is 1. The van der Waals surface area contributed by atoms with Crippen molar-refractivity contribution >= 4 is 5.78 Å². The highest BCUT2D eigenvalue weighted by Crippen LogP contribution is 2.38. The highest BCUT2D eigenvalue weighted by molar-refractivity contribution is 5.85. The Morgan fingerprint density at radius 1 is 1.53 bits per heavy atom. The SMILES string of the molecule is CCc1ccc(CC(=O)C2CC2C)nc1. The molecule has 0 aromatic carbocycles. The first kappa shape index (κ1) is 10.3. The summed E-state index contributed by atoms with van der Waals surface area (Å²) in [5, 5.41) is 0. The van der Waals surface area contributed by atoms with E-state index in [4.69, 9.17) is 0 Å². The summed E-state index contributed by atoms with van der Waals surface area (Å²) in [5.41, 5.74) is 2.14. The Bertz CT molecular complexity index is 355. The molecule has 1 aliphatic carbocycles. The number of Topliss-reactive ketones (excluding diaryl/α,β-unsaturated/α-hetero) is 1. The third-order valence-electron chi connectivity index (χ3n) is 3.17. The summed E-state index contributed by atoms with van der Waals surface area (Å²) < 4.78 is 0. The zero-order valence-electron chi connectivity index (χ0n) is 9.36. The topological polar surface area (TPSA) is 30.0 Å². The lowest BCUT2D eigenvalue weighted by Gasteiger charge is -2.00. The second kappa shape index (κ2) is 4.13. The van der Waals surface area contributed by atoms with E-state index in [0.29, 0.717) is 24.0 Å². The average molecular weight is 203 g/mol. The molecule has 1 aromatic heterocycles. The van der Waals surface area contributed by atoms with Crippen LogP contribution in [0.2, 0.25) is 0 Å². The predicted molar refractivity (Wildman–Crippen MR) is 59.6 cm³/mol. The standard InChI is InChI=1S/C13H17NO/c1-3-10-4-5-11(14-8-10)7-13(15)12-6-9(12)2/h4-5,8-9,12H,3,6-7H2,1-2H3. The van der Waals surface area contributed by atoms with E-state index in [-0.39, 0.29) is 0 Å². The van der Waals surface area contributed by atoms with E-state index in [1.807, 2.05) is 12.3 Å². The molecule has 0 aliphatic heterocycles. The maximum Gasteiger partial charge on any atom is 0.142 e. The van der Waals surface area contributed by atoms with Gasteiger partial charge in [0.2, 0.25) is 0 Å². The third kappa shape index (κ3) is 2.44. The molecule has 2 atom stereocenters. The summed E-state index contributed by atoms with van der Waals surface area (Å²) in [6.45, 7) is 4.24. The van der Waals surface area contributed by atoms with Crippen LogP contribution < -0.4 is 0 Å². The summed E-state index contributed by atoms with van der Waals surface area (Å²) >= 11 is 0. The van der Waals surface area contributed by atoms with Gasteiger partial charge >= 0.3 is 0 Å². The average Bonchev–Trinajstić information content (AvgIpc) is 2.97. The Balaban J connectivity index is 1.95. The van der Waals surface area contributed by atoms with Crippen molar-refractivity contribution in [1.82, 2.24) is 4.98 Å². The monoisotopic (exact) mass is 203 g/mol. The molecule has 15 heavy (non-hydrogen) atoms. The molecule has 2 nitrogen and oxygen atoms in total. The fourth-order valence-electron chi connectivity index (χ4n) is 1.85. The lowest BCUT2D eigenvalue weighted by atomic mass is 10.1. The van der Waals surface area contributed by atoms with Gasteiger partial charge in [-0.05, 0) is 30.4 Å². The highest BCUT2D eigenvalue weighted by atomic mass is 16.1. The van der Waals surface area contributed by atoms with Crippen molar-refractivity contribution in [2.75, 3.05) is 0 Å². The molecule has 0 N–H and O–H groups in total. The summed E-state index contributed by atoms with van der Waals surface area (Å²) in [6, 6.07) is 4.04. The molecule has 80 valence electrons. The normalized spacial score (nSPS) is 23.9. The minimum atomic E-state index is 0.317. The van der Waals surface area contributed by atoms with Crippen molar-refractivity contribution in [2.24, 2.45) is 11.8 Å². The van der Waals surface area contributed by atoms with Crippen LogP contribution in [0.4, 0.5) is 0 Å². The van der Waals surface area contributed by atoms with E-state index in [1.165, 1.54) is 5.56 Å². The number of aryl methyl sites for hydroxylation is 1. The molecule has 0 bridgehead atoms. The number of aromatic nitrogens is 1. The van der Waals surface area contributed by atoms with Gasteiger partial charge in [-0.15, -0.1) is 0 Å². The van der Waals surface area contributed by atoms with Crippen molar-refractivity contribution in [3.63, 3.8) is 0 Å². The smallest absolute Gasteiger partial charge is 0.142 e. The van der Waals surface area contributed by atoms with E-state index in [1.54, 1.807) is 0 Å². The van der Waals surface area contributed by atoms with Gasteiger partial charge in [-0.3, -0.25) is 9.78 Å². The van der Waals surface area contributed by atoms with Crippen LogP contribution in [0.15, 0.2) is 18.3 Å². The molecule has 1 aliphatic rings. The molecule has 0 saturated heterocycles. The Labute approximate surface area is 90.7 Å². The molecule has 1 fully saturated rings. The number of hydrogen-bond acceptors (Lipinski definition) is 2. The van der Waals surface area contributed by atoms with Gasteiger partial charge in [0, 0.05) is 24.2 Å². The van der Waals surface area contributed by atoms with Gasteiger partial charge in [-0.1, -0.05) is 19.9 Å². The molecular formula is C13H17NO. The fraction of sp³-hybridized carbons (Fsp3) is 0.538. The van der Waals surface area contributed by atoms with Gasteiger partial charge in [-0.2, -0.15) is 0 Å². The van der Waals surface area contributed by atoms with Crippen molar-refractivity contribution in [1.29, 1.82) is 0 Å². The van der Waals surface area contributed by atoms with Crippen LogP contribution in [0.1, 0.15) is 31.5 Å². The maximum atomic E-state index is 11.7. The van der Waals surface area contributed by atoms with Crippen LogP contribution in [-0.2, 0) is 17.6 Å². The molecule has 0 radical (unpaired) electrons. The summed E-state index contributed by atoms with van der Waals surface area (Å²) in [4.78, 5) is 16.0. The van der Waals surface area contributed by atoms with Crippen molar-refractivity contribution < 1.29 is 4.79 Å². The first-order valence-electron chi connectivity index (χ1n) is 5.67. The molecule has 2 heteroatoms. The Kier molecular flexibility index (Phi) is 2.85. The fourth-order valence-corrected chi connectivity index (χ4v) is 1.85.